The molecule has 1 saturated heterocycles. The molecule has 4 N–H and O–H groups in total. The first kappa shape index (κ1) is 13.8. The molecule has 0 aliphatic carbocycles. The van der Waals surface area contributed by atoms with Gasteiger partial charge in [-0.25, -0.2) is 0 Å². The molecular weight excluding hydrogens is 242 g/mol. The number of carbonyl (C=O) groups is 1. The quantitative estimate of drug-likeness (QED) is 0.818. The molecule has 2 rings (SSSR count). The van der Waals surface area contributed by atoms with Gasteiger partial charge in [0.25, 0.3) is 0 Å². The highest BCUT2D eigenvalue weighted by atomic mass is 16.5. The van der Waals surface area contributed by atoms with Gasteiger partial charge in [-0.1, -0.05) is 12.1 Å². The number of likely N-dealkylation sites (tertiary alicyclic amines) is 1. The molecule has 1 aliphatic heterocycles. The van der Waals surface area contributed by atoms with E-state index in [4.69, 9.17) is 16.2 Å². The van der Waals surface area contributed by atoms with E-state index in [2.05, 4.69) is 12.1 Å². The Morgan fingerprint density at radius 3 is 2.63 bits per heavy atom. The molecule has 1 fully saturated rings. The van der Waals surface area contributed by atoms with E-state index < -0.39 is 0 Å². The van der Waals surface area contributed by atoms with Gasteiger partial charge in [0.1, 0.15) is 5.75 Å². The molecule has 5 heteroatoms. The molecule has 1 heterocycles. The van der Waals surface area contributed by atoms with Crippen LogP contribution in [0.3, 0.4) is 0 Å². The lowest BCUT2D eigenvalue weighted by Gasteiger charge is -2.35. The molecule has 5 nitrogen and oxygen atoms in total. The number of nitrogens with zero attached hydrogens (tertiary/aromatic N) is 1. The Bertz CT molecular complexity index is 433. The first-order valence-electron chi connectivity index (χ1n) is 6.48. The normalized spacial score (nSPS) is 24.1. The number of methoxy groups -OCH3 is 1. The number of carbonyl (C=O) groups excluding carboxylic acids is 1. The maximum atomic E-state index is 11.0. The summed E-state index contributed by atoms with van der Waals surface area (Å²) in [5.41, 5.74) is 12.5. The molecule has 0 saturated carbocycles. The summed E-state index contributed by atoms with van der Waals surface area (Å²) in [6, 6.07) is 8.11. The second-order valence-corrected chi connectivity index (χ2v) is 5.13. The van der Waals surface area contributed by atoms with Crippen LogP contribution in [0.1, 0.15) is 17.9 Å². The van der Waals surface area contributed by atoms with Crippen molar-refractivity contribution in [2.75, 3.05) is 26.7 Å². The van der Waals surface area contributed by atoms with Gasteiger partial charge in [0.15, 0.2) is 0 Å². The van der Waals surface area contributed by atoms with Crippen molar-refractivity contribution in [2.24, 2.45) is 11.5 Å². The topological polar surface area (TPSA) is 81.6 Å². The first-order chi connectivity index (χ1) is 9.08. The van der Waals surface area contributed by atoms with Crippen molar-refractivity contribution < 1.29 is 9.53 Å². The lowest BCUT2D eigenvalue weighted by Crippen LogP contribution is -2.48. The Labute approximate surface area is 113 Å². The minimum atomic E-state index is -0.303. The van der Waals surface area contributed by atoms with Crippen LogP contribution in [0.25, 0.3) is 0 Å². The molecule has 0 bridgehead atoms. The predicted octanol–water partition coefficient (Wildman–Crippen LogP) is 0.297. The van der Waals surface area contributed by atoms with Gasteiger partial charge in [-0.15, -0.1) is 0 Å². The Balaban J connectivity index is 2.07. The number of piperidine rings is 1. The van der Waals surface area contributed by atoms with Crippen molar-refractivity contribution in [1.82, 2.24) is 4.90 Å². The number of hydrogen-bond donors (Lipinski definition) is 2. The molecule has 2 unspecified atom stereocenters. The number of hydrogen-bond acceptors (Lipinski definition) is 4. The number of rotatable bonds is 4. The lowest BCUT2D eigenvalue weighted by molar-refractivity contribution is -0.119. The van der Waals surface area contributed by atoms with Crippen LogP contribution < -0.4 is 16.2 Å². The molecule has 2 atom stereocenters. The van der Waals surface area contributed by atoms with Crippen LogP contribution >= 0.6 is 0 Å². The van der Waals surface area contributed by atoms with Gasteiger partial charge in [0, 0.05) is 19.1 Å². The van der Waals surface area contributed by atoms with Crippen molar-refractivity contribution >= 4 is 5.91 Å². The Morgan fingerprint density at radius 2 is 2.05 bits per heavy atom. The average molecular weight is 263 g/mol. The zero-order valence-corrected chi connectivity index (χ0v) is 11.2. The molecule has 1 amide bonds. The molecule has 104 valence electrons. The number of benzene rings is 1. The summed E-state index contributed by atoms with van der Waals surface area (Å²) in [6.07, 6.45) is 0.932. The van der Waals surface area contributed by atoms with Crippen LogP contribution in [-0.2, 0) is 4.79 Å². The number of ether oxygens (including phenoxy) is 1. The number of primary amides is 1. The largest absolute Gasteiger partial charge is 0.497 e. The van der Waals surface area contributed by atoms with Crippen LogP contribution in [0.15, 0.2) is 24.3 Å². The molecule has 0 aromatic heterocycles. The average Bonchev–Trinajstić information content (AvgIpc) is 2.37. The van der Waals surface area contributed by atoms with Gasteiger partial charge < -0.3 is 16.2 Å². The molecule has 0 radical (unpaired) electrons. The van der Waals surface area contributed by atoms with Gasteiger partial charge in [-0.05, 0) is 30.0 Å². The SMILES string of the molecule is COc1ccc(C2CC(N)CN(CC(N)=O)C2)cc1. The van der Waals surface area contributed by atoms with E-state index in [1.165, 1.54) is 5.56 Å². The van der Waals surface area contributed by atoms with Gasteiger partial charge in [0.2, 0.25) is 5.91 Å². The van der Waals surface area contributed by atoms with E-state index >= 15 is 0 Å². The molecule has 1 aliphatic rings. The highest BCUT2D eigenvalue weighted by Gasteiger charge is 2.26. The van der Waals surface area contributed by atoms with Crippen molar-refractivity contribution in [2.45, 2.75) is 18.4 Å². The Morgan fingerprint density at radius 1 is 1.37 bits per heavy atom. The molecule has 19 heavy (non-hydrogen) atoms. The third-order valence-corrected chi connectivity index (χ3v) is 3.53. The van der Waals surface area contributed by atoms with E-state index in [1.54, 1.807) is 7.11 Å². The smallest absolute Gasteiger partial charge is 0.231 e. The number of nitrogens with two attached hydrogens (primary N) is 2. The third-order valence-electron chi connectivity index (χ3n) is 3.53. The standard InChI is InChI=1S/C14H21N3O2/c1-19-13-4-2-10(3-5-13)11-6-12(15)8-17(7-11)9-14(16)18/h2-5,11-12H,6-9,15H2,1H3,(H2,16,18). The molecule has 0 spiro atoms. The molecule has 1 aromatic rings. The lowest BCUT2D eigenvalue weighted by atomic mass is 9.88. The Kier molecular flexibility index (Phi) is 4.39. The van der Waals surface area contributed by atoms with Crippen molar-refractivity contribution in [3.05, 3.63) is 29.8 Å². The van der Waals surface area contributed by atoms with Crippen LogP contribution in [0.2, 0.25) is 0 Å². The highest BCUT2D eigenvalue weighted by Crippen LogP contribution is 2.27. The van der Waals surface area contributed by atoms with Crippen LogP contribution in [0.5, 0.6) is 5.75 Å². The van der Waals surface area contributed by atoms with E-state index in [-0.39, 0.29) is 18.5 Å². The number of amides is 1. The maximum absolute atomic E-state index is 11.0. The second kappa shape index (κ2) is 6.04. The summed E-state index contributed by atoms with van der Waals surface area (Å²) in [4.78, 5) is 13.1. The van der Waals surface area contributed by atoms with Crippen LogP contribution in [0, 0.1) is 0 Å². The maximum Gasteiger partial charge on any atom is 0.231 e. The van der Waals surface area contributed by atoms with Gasteiger partial charge in [-0.3, -0.25) is 9.69 Å². The summed E-state index contributed by atoms with van der Waals surface area (Å²) in [5, 5.41) is 0. The minimum absolute atomic E-state index is 0.0835. The fourth-order valence-corrected chi connectivity index (χ4v) is 2.70. The highest BCUT2D eigenvalue weighted by molar-refractivity contribution is 5.75. The van der Waals surface area contributed by atoms with E-state index in [9.17, 15) is 4.79 Å². The van der Waals surface area contributed by atoms with Crippen molar-refractivity contribution in [3.8, 4) is 5.75 Å². The van der Waals surface area contributed by atoms with Gasteiger partial charge >= 0.3 is 0 Å². The summed E-state index contributed by atoms with van der Waals surface area (Å²) in [6.45, 7) is 1.83. The van der Waals surface area contributed by atoms with Crippen molar-refractivity contribution in [1.29, 1.82) is 0 Å². The zero-order valence-electron chi connectivity index (χ0n) is 11.2. The fourth-order valence-electron chi connectivity index (χ4n) is 2.70. The second-order valence-electron chi connectivity index (χ2n) is 5.13. The zero-order chi connectivity index (χ0) is 13.8. The summed E-state index contributed by atoms with van der Waals surface area (Å²) in [7, 11) is 1.65. The van der Waals surface area contributed by atoms with Crippen molar-refractivity contribution in [3.63, 3.8) is 0 Å². The summed E-state index contributed by atoms with van der Waals surface area (Å²) < 4.78 is 5.16. The molecule has 1 aromatic carbocycles. The fraction of sp³-hybridized carbons (Fsp3) is 0.500. The van der Waals surface area contributed by atoms with Gasteiger partial charge in [0.05, 0.1) is 13.7 Å². The van der Waals surface area contributed by atoms with E-state index in [0.717, 1.165) is 25.3 Å². The van der Waals surface area contributed by atoms with Gasteiger partial charge in [-0.2, -0.15) is 0 Å². The first-order valence-corrected chi connectivity index (χ1v) is 6.48. The van der Waals surface area contributed by atoms with Crippen LogP contribution in [0.4, 0.5) is 0 Å². The molecular formula is C14H21N3O2. The summed E-state index contributed by atoms with van der Waals surface area (Å²) in [5.74, 6) is 0.884. The predicted molar refractivity (Wildman–Crippen MR) is 74.0 cm³/mol. The summed E-state index contributed by atoms with van der Waals surface area (Å²) >= 11 is 0. The Hall–Kier alpha value is -1.59. The van der Waals surface area contributed by atoms with Crippen LogP contribution in [-0.4, -0.2) is 43.6 Å². The third kappa shape index (κ3) is 3.68. The monoisotopic (exact) mass is 263 g/mol. The van der Waals surface area contributed by atoms with E-state index in [1.807, 2.05) is 17.0 Å². The minimum Gasteiger partial charge on any atom is -0.497 e. The van der Waals surface area contributed by atoms with E-state index in [0.29, 0.717) is 5.92 Å².